The van der Waals surface area contributed by atoms with Gasteiger partial charge in [0.05, 0.1) is 0 Å². The van der Waals surface area contributed by atoms with Crippen molar-refractivity contribution >= 4 is 100 Å². The van der Waals surface area contributed by atoms with Crippen molar-refractivity contribution in [2.45, 2.75) is 65.7 Å². The highest BCUT2D eigenvalue weighted by Gasteiger charge is 2.39. The number of nitrogens with one attached hydrogen (secondary N) is 1. The van der Waals surface area contributed by atoms with Crippen molar-refractivity contribution < 1.29 is 38.8 Å². The van der Waals surface area contributed by atoms with Gasteiger partial charge in [0.1, 0.15) is 21.2 Å². The van der Waals surface area contributed by atoms with Gasteiger partial charge in [-0.05, 0) is 153 Å². The van der Waals surface area contributed by atoms with Crippen molar-refractivity contribution in [2.75, 3.05) is 59.4 Å². The molecule has 0 fully saturated rings. The lowest BCUT2D eigenvalue weighted by Crippen LogP contribution is -2.36. The molecule has 1 aliphatic carbocycles. The molecule has 410 valence electrons. The summed E-state index contributed by atoms with van der Waals surface area (Å²) in [5.41, 5.74) is 11.2. The fourth-order valence-corrected chi connectivity index (χ4v) is 13.2. The van der Waals surface area contributed by atoms with Gasteiger partial charge in [0.2, 0.25) is 5.91 Å². The molecule has 0 saturated carbocycles. The molecule has 0 spiro atoms. The van der Waals surface area contributed by atoms with Gasteiger partial charge in [0.15, 0.2) is 11.5 Å². The molecule has 0 aromatic heterocycles. The van der Waals surface area contributed by atoms with Gasteiger partial charge in [-0.3, -0.25) is 19.4 Å². The SMILES string of the molecule is C=C(C)C(=O)CCCCN(Cc1ccccc1B(O)O)Cc1c2ccccc2c(CN(CCCNC(=O)C(=C)C)Cc2ccccc2B(O)O)c2ccc(C3=C4C=CC(=[N+](C)C)C=C4P(C)(=O)c4cc(N(C)C)ccc43)cc12.Cl. The second kappa shape index (κ2) is 26.2. The predicted molar refractivity (Wildman–Crippen MR) is 330 cm³/mol. The number of amides is 1. The number of anilines is 1. The number of unbranched alkanes of at least 4 members (excludes halogenated alkanes) is 1. The minimum absolute atomic E-state index is 0. The highest BCUT2D eigenvalue weighted by Crippen LogP contribution is 2.60. The first-order valence-electron chi connectivity index (χ1n) is 26.8. The number of allylic oxidation sites excluding steroid dienone is 6. The van der Waals surface area contributed by atoms with E-state index in [4.69, 9.17) is 0 Å². The molecule has 0 saturated heterocycles. The Bertz CT molecular complexity index is 3510. The van der Waals surface area contributed by atoms with E-state index in [0.717, 1.165) is 88.1 Å². The second-order valence-electron chi connectivity index (χ2n) is 21.4. The summed E-state index contributed by atoms with van der Waals surface area (Å²) in [4.78, 5) is 32.1. The first kappa shape index (κ1) is 60.2. The van der Waals surface area contributed by atoms with Gasteiger partial charge in [-0.1, -0.05) is 104 Å². The van der Waals surface area contributed by atoms with Gasteiger partial charge in [-0.25, -0.2) is 4.58 Å². The third-order valence-electron chi connectivity index (χ3n) is 15.1. The minimum Gasteiger partial charge on any atom is -0.423 e. The summed E-state index contributed by atoms with van der Waals surface area (Å²) < 4.78 is 17.5. The zero-order chi connectivity index (χ0) is 56.0. The monoisotopic (exact) mass is 1100 g/mol. The second-order valence-corrected chi connectivity index (χ2v) is 24.2. The molecule has 1 amide bonds. The van der Waals surface area contributed by atoms with E-state index in [-0.39, 0.29) is 24.1 Å². The van der Waals surface area contributed by atoms with Crippen molar-refractivity contribution in [3.63, 3.8) is 0 Å². The maximum atomic E-state index is 15.5. The summed E-state index contributed by atoms with van der Waals surface area (Å²) >= 11 is 0. The van der Waals surface area contributed by atoms with Crippen LogP contribution in [0.25, 0.3) is 27.1 Å². The van der Waals surface area contributed by atoms with Crippen LogP contribution in [0.1, 0.15) is 72.9 Å². The molecule has 1 atom stereocenters. The predicted octanol–water partition coefficient (Wildman–Crippen LogP) is 7.84. The number of carbonyl (C=O) groups is 2. The largest absolute Gasteiger partial charge is 0.488 e. The summed E-state index contributed by atoms with van der Waals surface area (Å²) in [6.45, 7) is 16.3. The minimum atomic E-state index is -3.13. The van der Waals surface area contributed by atoms with E-state index in [1.54, 1.807) is 38.1 Å². The van der Waals surface area contributed by atoms with E-state index in [0.29, 0.717) is 93.6 Å². The number of hydrogen-bond acceptors (Lipinski definition) is 10. The smallest absolute Gasteiger partial charge is 0.423 e. The van der Waals surface area contributed by atoms with Gasteiger partial charge in [0, 0.05) is 93.8 Å². The molecule has 79 heavy (non-hydrogen) atoms. The highest BCUT2D eigenvalue weighted by atomic mass is 35.5. The molecule has 1 unspecified atom stereocenters. The zero-order valence-corrected chi connectivity index (χ0v) is 48.3. The third-order valence-corrected chi connectivity index (χ3v) is 17.7. The molecular weight excluding hydrogens is 1030 g/mol. The number of halogens is 1. The molecular formula is C63H74B2ClN5O7P+. The number of carbonyl (C=O) groups excluding carboxylic acids is 2. The van der Waals surface area contributed by atoms with Crippen LogP contribution in [-0.4, -0.2) is 121 Å². The van der Waals surface area contributed by atoms with Gasteiger partial charge in [-0.2, -0.15) is 0 Å². The van der Waals surface area contributed by atoms with Crippen molar-refractivity contribution in [2.24, 2.45) is 0 Å². The fraction of sp³-hybridized carbons (Fsp3) is 0.286. The number of fused-ring (bicyclic) bond motifs is 4. The Hall–Kier alpha value is -6.44. The van der Waals surface area contributed by atoms with Crippen LogP contribution in [-0.2, 0) is 40.3 Å². The molecule has 5 N–H and O–H groups in total. The normalized spacial score (nSPS) is 14.7. The van der Waals surface area contributed by atoms with Gasteiger partial charge < -0.3 is 34.9 Å². The molecule has 2 aliphatic rings. The molecule has 16 heteroatoms. The van der Waals surface area contributed by atoms with Crippen LogP contribution in [0.4, 0.5) is 5.69 Å². The Morgan fingerprint density at radius 2 is 1.23 bits per heavy atom. The van der Waals surface area contributed by atoms with Crippen molar-refractivity contribution in [3.8, 4) is 0 Å². The molecule has 8 rings (SSSR count). The van der Waals surface area contributed by atoms with Crippen molar-refractivity contribution in [1.29, 1.82) is 0 Å². The highest BCUT2D eigenvalue weighted by molar-refractivity contribution is 7.75. The molecule has 6 aromatic rings. The molecule has 0 radical (unpaired) electrons. The number of nitrogens with zero attached hydrogens (tertiary/aromatic N) is 4. The van der Waals surface area contributed by atoms with Crippen LogP contribution in [0, 0.1) is 0 Å². The maximum absolute atomic E-state index is 15.5. The van der Waals surface area contributed by atoms with Crippen molar-refractivity contribution in [3.05, 3.63) is 196 Å². The number of benzene rings is 6. The summed E-state index contributed by atoms with van der Waals surface area (Å²) in [6, 6.07) is 36.1. The Balaban J connectivity index is 0.00000903. The lowest BCUT2D eigenvalue weighted by atomic mass is 9.77. The van der Waals surface area contributed by atoms with Crippen LogP contribution in [0.5, 0.6) is 0 Å². The van der Waals surface area contributed by atoms with E-state index in [1.165, 1.54) is 0 Å². The standard InChI is InChI=1S/C63H72B2N5O7P.ClH/c1-42(2)59(71)25-16-17-33-69(38-45-19-10-14-23-57(45)64(73)74)41-56-50-22-13-12-21-49(50)55(40-70(34-18-32-66-63(72)43(3)4)39-46-20-11-15-24-58(46)65(75)76)51-29-26-44(35-54(51)56)62-52-30-27-47(67(5)6)36-60(52)78(9,77)61-37-48(68(7)8)28-31-53(61)62;/h10-15,19-24,26-31,35-37,73-76H,1,3,16-18,25,32-34,38-41H2,2,4-9H3;1H/p+1. The van der Waals surface area contributed by atoms with Crippen LogP contribution in [0.15, 0.2) is 163 Å². The first-order chi connectivity index (χ1) is 37.2. The Kier molecular flexibility index (Phi) is 20.0. The van der Waals surface area contributed by atoms with E-state index >= 15 is 4.57 Å². The van der Waals surface area contributed by atoms with Crippen LogP contribution < -0.4 is 26.4 Å². The average Bonchev–Trinajstić information content (AvgIpc) is 3.57. The summed E-state index contributed by atoms with van der Waals surface area (Å²) in [5.74, 6) is -0.168. The van der Waals surface area contributed by atoms with Gasteiger partial charge >= 0.3 is 14.2 Å². The topological polar surface area (TPSA) is 157 Å². The zero-order valence-electron chi connectivity index (χ0n) is 46.6. The number of ketones is 1. The molecule has 1 aliphatic heterocycles. The summed E-state index contributed by atoms with van der Waals surface area (Å²) in [7, 11) is 1.51. The quantitative estimate of drug-likeness (QED) is 0.0107. The van der Waals surface area contributed by atoms with Crippen LogP contribution in [0.3, 0.4) is 0 Å². The van der Waals surface area contributed by atoms with Gasteiger partial charge in [-0.15, -0.1) is 12.4 Å². The Morgan fingerprint density at radius 3 is 1.78 bits per heavy atom. The van der Waals surface area contributed by atoms with Gasteiger partial charge in [0.25, 0.3) is 0 Å². The average molecular weight is 1100 g/mol. The Morgan fingerprint density at radius 1 is 0.671 bits per heavy atom. The van der Waals surface area contributed by atoms with E-state index < -0.39 is 21.4 Å². The van der Waals surface area contributed by atoms with E-state index in [2.05, 4.69) is 107 Å². The van der Waals surface area contributed by atoms with Crippen LogP contribution in [0.2, 0.25) is 0 Å². The Labute approximate surface area is 472 Å². The molecule has 0 bridgehead atoms. The number of rotatable bonds is 23. The lowest BCUT2D eigenvalue weighted by Gasteiger charge is -2.32. The molecule has 1 heterocycles. The van der Waals surface area contributed by atoms with E-state index in [1.807, 2.05) is 68.6 Å². The summed E-state index contributed by atoms with van der Waals surface area (Å²) in [6.07, 6.45) is 8.64. The van der Waals surface area contributed by atoms with Crippen molar-refractivity contribution in [1.82, 2.24) is 15.1 Å². The lowest BCUT2D eigenvalue weighted by molar-refractivity contribution is -0.462. The maximum Gasteiger partial charge on any atom is 0.488 e. The summed E-state index contributed by atoms with van der Waals surface area (Å²) in [5, 5.41) is 51.0. The molecule has 6 aromatic carbocycles. The molecule has 12 nitrogen and oxygen atoms in total. The third kappa shape index (κ3) is 13.6. The van der Waals surface area contributed by atoms with E-state index in [9.17, 15) is 29.7 Å². The number of hydrogen-bond donors (Lipinski definition) is 5. The van der Waals surface area contributed by atoms with Crippen LogP contribution >= 0.6 is 19.5 Å². The fourth-order valence-electron chi connectivity index (χ4n) is 10.9. The number of Topliss-reactive ketones (excluding diaryl/α,β-unsaturated/α-hetero) is 1. The first-order valence-corrected chi connectivity index (χ1v) is 28.9.